The van der Waals surface area contributed by atoms with Crippen molar-refractivity contribution in [2.75, 3.05) is 12.3 Å². The maximum atomic E-state index is 9.80. The van der Waals surface area contributed by atoms with Crippen LogP contribution in [-0.4, -0.2) is 34.0 Å². The molecule has 0 saturated carbocycles. The minimum Gasteiger partial charge on any atom is -0.485 e. The molecule has 1 aromatic heterocycles. The van der Waals surface area contributed by atoms with Gasteiger partial charge in [-0.3, -0.25) is 4.99 Å². The highest BCUT2D eigenvalue weighted by Crippen LogP contribution is 2.25. The number of hydrogen-bond donors (Lipinski definition) is 3. The fraction of sp³-hybridized carbons (Fsp3) is 0.407. The number of pyridine rings is 1. The summed E-state index contributed by atoms with van der Waals surface area (Å²) in [7, 11) is 0. The number of benzene rings is 1. The van der Waals surface area contributed by atoms with E-state index in [-0.39, 0.29) is 0 Å². The molecular weight excluding hydrogens is 412 g/mol. The molecule has 1 fully saturated rings. The summed E-state index contributed by atoms with van der Waals surface area (Å²) in [5.74, 6) is 6.68. The first-order valence-corrected chi connectivity index (χ1v) is 11.4. The van der Waals surface area contributed by atoms with Gasteiger partial charge in [-0.25, -0.2) is 4.98 Å². The van der Waals surface area contributed by atoms with E-state index in [0.717, 1.165) is 40.9 Å². The van der Waals surface area contributed by atoms with Crippen LogP contribution in [0.15, 0.2) is 47.7 Å². The molecule has 174 valence electrons. The van der Waals surface area contributed by atoms with Gasteiger partial charge in [-0.05, 0) is 76.4 Å². The third kappa shape index (κ3) is 7.74. The SMILES string of the molecule is CC(=N/C=C(\C)c1cnc(N)c(OCc2cccc(C#CC(C)(C)O)c2)c1)C1CCCCN1. The van der Waals surface area contributed by atoms with Crippen LogP contribution >= 0.6 is 0 Å². The normalized spacial score (nSPS) is 17.3. The zero-order valence-electron chi connectivity index (χ0n) is 20.0. The Bertz CT molecular complexity index is 1080. The Balaban J connectivity index is 1.69. The molecule has 1 unspecified atom stereocenters. The van der Waals surface area contributed by atoms with E-state index >= 15 is 0 Å². The van der Waals surface area contributed by atoms with Crippen LogP contribution in [0.5, 0.6) is 5.75 Å². The number of piperidine rings is 1. The Hall–Kier alpha value is -3.14. The fourth-order valence-electron chi connectivity index (χ4n) is 3.48. The van der Waals surface area contributed by atoms with Crippen LogP contribution in [0, 0.1) is 11.8 Å². The van der Waals surface area contributed by atoms with Gasteiger partial charge in [0, 0.05) is 35.3 Å². The predicted octanol–water partition coefficient (Wildman–Crippen LogP) is 4.33. The topological polar surface area (TPSA) is 92.8 Å². The van der Waals surface area contributed by atoms with Crippen molar-refractivity contribution in [1.82, 2.24) is 10.3 Å². The van der Waals surface area contributed by atoms with E-state index in [1.165, 1.54) is 12.8 Å². The van der Waals surface area contributed by atoms with Gasteiger partial charge in [-0.15, -0.1) is 0 Å². The van der Waals surface area contributed by atoms with Crippen LogP contribution < -0.4 is 15.8 Å². The van der Waals surface area contributed by atoms with E-state index in [0.29, 0.717) is 24.2 Å². The summed E-state index contributed by atoms with van der Waals surface area (Å²) in [5.41, 5.74) is 9.80. The summed E-state index contributed by atoms with van der Waals surface area (Å²) in [6.45, 7) is 8.78. The Labute approximate surface area is 197 Å². The maximum Gasteiger partial charge on any atom is 0.166 e. The number of anilines is 1. The van der Waals surface area contributed by atoms with Crippen LogP contribution in [-0.2, 0) is 6.61 Å². The van der Waals surface area contributed by atoms with Gasteiger partial charge in [0.25, 0.3) is 0 Å². The summed E-state index contributed by atoms with van der Waals surface area (Å²) in [4.78, 5) is 8.98. The molecule has 3 rings (SSSR count). The van der Waals surface area contributed by atoms with Crippen LogP contribution in [0.4, 0.5) is 5.82 Å². The number of nitrogen functional groups attached to an aromatic ring is 1. The second-order valence-electron chi connectivity index (χ2n) is 8.99. The number of ether oxygens (including phenoxy) is 1. The van der Waals surface area contributed by atoms with Gasteiger partial charge < -0.3 is 20.9 Å². The second-order valence-corrected chi connectivity index (χ2v) is 8.99. The summed E-state index contributed by atoms with van der Waals surface area (Å²) in [6.07, 6.45) is 7.23. The van der Waals surface area contributed by atoms with Crippen LogP contribution in [0.3, 0.4) is 0 Å². The molecule has 6 heteroatoms. The van der Waals surface area contributed by atoms with Crippen molar-refractivity contribution in [1.29, 1.82) is 0 Å². The first-order chi connectivity index (χ1) is 15.7. The molecule has 1 aliphatic heterocycles. The van der Waals surface area contributed by atoms with Crippen molar-refractivity contribution in [2.45, 2.75) is 65.2 Å². The zero-order valence-corrected chi connectivity index (χ0v) is 20.0. The summed E-state index contributed by atoms with van der Waals surface area (Å²) >= 11 is 0. The number of aliphatic hydroxyl groups is 1. The van der Waals surface area contributed by atoms with Crippen molar-refractivity contribution in [3.05, 3.63) is 59.4 Å². The van der Waals surface area contributed by atoms with E-state index in [1.807, 2.05) is 43.5 Å². The smallest absolute Gasteiger partial charge is 0.166 e. The average molecular weight is 447 g/mol. The molecule has 1 aromatic carbocycles. The Morgan fingerprint density at radius 3 is 2.88 bits per heavy atom. The largest absolute Gasteiger partial charge is 0.485 e. The lowest BCUT2D eigenvalue weighted by molar-refractivity contribution is 0.143. The highest BCUT2D eigenvalue weighted by atomic mass is 16.5. The number of hydrogen-bond acceptors (Lipinski definition) is 6. The molecule has 2 aromatic rings. The van der Waals surface area contributed by atoms with Gasteiger partial charge in [-0.1, -0.05) is 30.4 Å². The molecule has 0 aliphatic carbocycles. The monoisotopic (exact) mass is 446 g/mol. The van der Waals surface area contributed by atoms with Crippen molar-refractivity contribution in [3.8, 4) is 17.6 Å². The number of aromatic nitrogens is 1. The van der Waals surface area contributed by atoms with Crippen molar-refractivity contribution < 1.29 is 9.84 Å². The Kier molecular flexibility index (Phi) is 8.26. The molecule has 2 heterocycles. The first kappa shape index (κ1) is 24.5. The van der Waals surface area contributed by atoms with Gasteiger partial charge in [0.05, 0.1) is 0 Å². The van der Waals surface area contributed by atoms with E-state index in [2.05, 4.69) is 34.1 Å². The standard InChI is InChI=1S/C27H34N4O2/c1-19(16-30-20(2)24-10-5-6-13-29-24)23-15-25(26(28)31-17-23)33-18-22-9-7-8-21(14-22)11-12-27(3,4)32/h7-9,14-17,24,29,32H,5-6,10,13,18H2,1-4H3,(H2,28,31)/b19-16+,30-20?. The second kappa shape index (κ2) is 11.1. The lowest BCUT2D eigenvalue weighted by Crippen LogP contribution is -2.39. The van der Waals surface area contributed by atoms with Crippen LogP contribution in [0.25, 0.3) is 5.57 Å². The molecule has 4 N–H and O–H groups in total. The molecule has 0 spiro atoms. The van der Waals surface area contributed by atoms with Crippen molar-refractivity contribution >= 4 is 17.1 Å². The minimum atomic E-state index is -1.03. The Morgan fingerprint density at radius 2 is 2.15 bits per heavy atom. The molecule has 1 saturated heterocycles. The lowest BCUT2D eigenvalue weighted by atomic mass is 10.0. The first-order valence-electron chi connectivity index (χ1n) is 11.4. The van der Waals surface area contributed by atoms with Gasteiger partial charge in [0.1, 0.15) is 12.2 Å². The van der Waals surface area contributed by atoms with Crippen molar-refractivity contribution in [2.24, 2.45) is 4.99 Å². The molecule has 33 heavy (non-hydrogen) atoms. The molecule has 1 aliphatic rings. The summed E-state index contributed by atoms with van der Waals surface area (Å²) < 4.78 is 5.98. The number of nitrogens with one attached hydrogen (secondary N) is 1. The van der Waals surface area contributed by atoms with E-state index in [4.69, 9.17) is 10.5 Å². The van der Waals surface area contributed by atoms with Gasteiger partial charge in [-0.2, -0.15) is 0 Å². The van der Waals surface area contributed by atoms with Crippen LogP contribution in [0.2, 0.25) is 0 Å². The highest BCUT2D eigenvalue weighted by Gasteiger charge is 2.14. The predicted molar refractivity (Wildman–Crippen MR) is 135 cm³/mol. The summed E-state index contributed by atoms with van der Waals surface area (Å²) in [6, 6.07) is 9.97. The van der Waals surface area contributed by atoms with E-state index < -0.39 is 5.60 Å². The molecular formula is C27H34N4O2. The third-order valence-corrected chi connectivity index (χ3v) is 5.45. The quantitative estimate of drug-likeness (QED) is 0.454. The van der Waals surface area contributed by atoms with E-state index in [9.17, 15) is 5.11 Å². The highest BCUT2D eigenvalue weighted by molar-refractivity contribution is 5.88. The number of nitrogens with zero attached hydrogens (tertiary/aromatic N) is 2. The molecule has 6 nitrogen and oxygen atoms in total. The van der Waals surface area contributed by atoms with Crippen molar-refractivity contribution in [3.63, 3.8) is 0 Å². The van der Waals surface area contributed by atoms with Gasteiger partial charge in [0.2, 0.25) is 0 Å². The minimum absolute atomic E-state index is 0.334. The van der Waals surface area contributed by atoms with Crippen LogP contribution in [0.1, 0.15) is 63.6 Å². The lowest BCUT2D eigenvalue weighted by Gasteiger charge is -2.23. The molecule has 1 atom stereocenters. The Morgan fingerprint density at radius 1 is 1.33 bits per heavy atom. The number of nitrogens with two attached hydrogens (primary N) is 1. The molecule has 0 radical (unpaired) electrons. The number of aliphatic imine (C=N–C) groups is 1. The summed E-state index contributed by atoms with van der Waals surface area (Å²) in [5, 5.41) is 13.3. The molecule has 0 amide bonds. The zero-order chi connectivity index (χ0) is 23.8. The molecule has 0 bridgehead atoms. The average Bonchev–Trinajstić information content (AvgIpc) is 2.81. The third-order valence-electron chi connectivity index (χ3n) is 5.45. The number of allylic oxidation sites excluding steroid dienone is 1. The van der Waals surface area contributed by atoms with E-state index in [1.54, 1.807) is 20.0 Å². The number of rotatable bonds is 6. The van der Waals surface area contributed by atoms with Gasteiger partial charge >= 0.3 is 0 Å². The van der Waals surface area contributed by atoms with Gasteiger partial charge in [0.15, 0.2) is 11.6 Å². The fourth-order valence-corrected chi connectivity index (χ4v) is 3.48. The maximum absolute atomic E-state index is 9.80.